The van der Waals surface area contributed by atoms with Crippen LogP contribution in [0.2, 0.25) is 0 Å². The average molecular weight is 779 g/mol. The van der Waals surface area contributed by atoms with E-state index in [0.717, 1.165) is 75.5 Å². The van der Waals surface area contributed by atoms with Gasteiger partial charge in [0, 0.05) is 19.3 Å². The number of ether oxygens (including phenoxy) is 3. The summed E-state index contributed by atoms with van der Waals surface area (Å²) in [5.74, 6) is 1.65. The molecule has 0 bridgehead atoms. The Balaban J connectivity index is 4.35. The van der Waals surface area contributed by atoms with Crippen molar-refractivity contribution in [2.24, 2.45) is 17.8 Å². The van der Waals surface area contributed by atoms with Crippen molar-refractivity contribution in [2.75, 3.05) is 13.2 Å². The molecule has 0 N–H and O–H groups in total. The molecule has 0 aromatic rings. The SMILES string of the molecule is CCC(C)CCCCCCCCCCCCC(=O)OC[C@H](COC(=O)CCCCCCCCCCC(C)C)OC(=O)CCCCCCCCCCC(C)CC. The molecule has 0 fully saturated rings. The van der Waals surface area contributed by atoms with Crippen LogP contribution < -0.4 is 0 Å². The van der Waals surface area contributed by atoms with Gasteiger partial charge >= 0.3 is 17.9 Å². The molecule has 0 spiro atoms. The summed E-state index contributed by atoms with van der Waals surface area (Å²) in [6.45, 7) is 13.7. The first-order chi connectivity index (χ1) is 26.7. The van der Waals surface area contributed by atoms with Gasteiger partial charge in [0.15, 0.2) is 6.10 Å². The first kappa shape index (κ1) is 53.4. The van der Waals surface area contributed by atoms with E-state index in [2.05, 4.69) is 41.5 Å². The first-order valence-electron chi connectivity index (χ1n) is 24.2. The molecular weight excluding hydrogens is 685 g/mol. The second kappa shape index (κ2) is 40.6. The van der Waals surface area contributed by atoms with Crippen molar-refractivity contribution in [3.63, 3.8) is 0 Å². The van der Waals surface area contributed by atoms with E-state index >= 15 is 0 Å². The molecule has 0 aliphatic rings. The maximum absolute atomic E-state index is 12.7. The molecule has 0 radical (unpaired) electrons. The van der Waals surface area contributed by atoms with Crippen molar-refractivity contribution in [3.05, 3.63) is 0 Å². The van der Waals surface area contributed by atoms with E-state index in [1.54, 1.807) is 0 Å². The molecule has 6 heteroatoms. The maximum Gasteiger partial charge on any atom is 0.306 e. The van der Waals surface area contributed by atoms with Crippen molar-refractivity contribution in [3.8, 4) is 0 Å². The molecule has 6 nitrogen and oxygen atoms in total. The molecule has 0 aliphatic carbocycles. The van der Waals surface area contributed by atoms with Crippen LogP contribution in [0.5, 0.6) is 0 Å². The quantitative estimate of drug-likeness (QED) is 0.0349. The van der Waals surface area contributed by atoms with Gasteiger partial charge in [-0.05, 0) is 37.0 Å². The number of carbonyl (C=O) groups is 3. The van der Waals surface area contributed by atoms with Gasteiger partial charge in [0.1, 0.15) is 13.2 Å². The molecule has 0 aromatic heterocycles. The molecule has 0 heterocycles. The summed E-state index contributed by atoms with van der Waals surface area (Å²) in [6, 6.07) is 0. The second-order valence-corrected chi connectivity index (χ2v) is 17.7. The van der Waals surface area contributed by atoms with Crippen LogP contribution in [0.3, 0.4) is 0 Å². The molecule has 0 aliphatic heterocycles. The summed E-state index contributed by atoms with van der Waals surface area (Å²) in [4.78, 5) is 37.8. The third-order valence-corrected chi connectivity index (χ3v) is 11.6. The van der Waals surface area contributed by atoms with Gasteiger partial charge in [0.05, 0.1) is 0 Å². The Kier molecular flexibility index (Phi) is 39.4. The van der Waals surface area contributed by atoms with E-state index < -0.39 is 6.10 Å². The number of unbranched alkanes of at least 4 members (excludes halogenated alkanes) is 23. The Labute approximate surface area is 342 Å². The van der Waals surface area contributed by atoms with Crippen LogP contribution >= 0.6 is 0 Å². The Hall–Kier alpha value is -1.59. The molecule has 0 saturated heterocycles. The van der Waals surface area contributed by atoms with Gasteiger partial charge in [-0.25, -0.2) is 0 Å². The minimum absolute atomic E-state index is 0.0661. The number of carbonyl (C=O) groups excluding carboxylic acids is 3. The highest BCUT2D eigenvalue weighted by Crippen LogP contribution is 2.18. The van der Waals surface area contributed by atoms with Gasteiger partial charge in [0.2, 0.25) is 0 Å². The topological polar surface area (TPSA) is 78.9 Å². The Morgan fingerprint density at radius 3 is 0.945 bits per heavy atom. The second-order valence-electron chi connectivity index (χ2n) is 17.7. The van der Waals surface area contributed by atoms with Crippen molar-refractivity contribution in [1.82, 2.24) is 0 Å². The summed E-state index contributed by atoms with van der Waals surface area (Å²) in [5.41, 5.74) is 0. The largest absolute Gasteiger partial charge is 0.462 e. The van der Waals surface area contributed by atoms with Crippen LogP contribution in [0.4, 0.5) is 0 Å². The fourth-order valence-corrected chi connectivity index (χ4v) is 7.17. The highest BCUT2D eigenvalue weighted by molar-refractivity contribution is 5.71. The summed E-state index contributed by atoms with van der Waals surface area (Å²) in [7, 11) is 0. The van der Waals surface area contributed by atoms with E-state index in [9.17, 15) is 14.4 Å². The lowest BCUT2D eigenvalue weighted by Gasteiger charge is -2.18. The first-order valence-corrected chi connectivity index (χ1v) is 24.2. The fourth-order valence-electron chi connectivity index (χ4n) is 7.17. The van der Waals surface area contributed by atoms with Gasteiger partial charge in [-0.1, -0.05) is 221 Å². The highest BCUT2D eigenvalue weighted by atomic mass is 16.6. The number of hydrogen-bond acceptors (Lipinski definition) is 6. The minimum Gasteiger partial charge on any atom is -0.462 e. The van der Waals surface area contributed by atoms with Gasteiger partial charge < -0.3 is 14.2 Å². The predicted molar refractivity (Wildman–Crippen MR) is 233 cm³/mol. The molecule has 0 rings (SSSR count). The number of hydrogen-bond donors (Lipinski definition) is 0. The van der Waals surface area contributed by atoms with Crippen LogP contribution in [-0.2, 0) is 28.6 Å². The van der Waals surface area contributed by atoms with Crippen LogP contribution in [0.25, 0.3) is 0 Å². The van der Waals surface area contributed by atoms with Crippen LogP contribution in [0.1, 0.15) is 260 Å². The van der Waals surface area contributed by atoms with Crippen molar-refractivity contribution < 1.29 is 28.6 Å². The molecule has 0 amide bonds. The fraction of sp³-hybridized carbons (Fsp3) is 0.939. The van der Waals surface area contributed by atoms with E-state index in [4.69, 9.17) is 14.2 Å². The van der Waals surface area contributed by atoms with Crippen molar-refractivity contribution in [1.29, 1.82) is 0 Å². The summed E-state index contributed by atoms with van der Waals surface area (Å²) in [6.07, 6.45) is 37.9. The molecule has 0 aromatic carbocycles. The van der Waals surface area contributed by atoms with Gasteiger partial charge in [-0.15, -0.1) is 0 Å². The predicted octanol–water partition coefficient (Wildman–Crippen LogP) is 15.2. The van der Waals surface area contributed by atoms with Gasteiger partial charge in [-0.3, -0.25) is 14.4 Å². The smallest absolute Gasteiger partial charge is 0.306 e. The van der Waals surface area contributed by atoms with E-state index in [1.165, 1.54) is 141 Å². The van der Waals surface area contributed by atoms with Crippen molar-refractivity contribution in [2.45, 2.75) is 266 Å². The lowest BCUT2D eigenvalue weighted by Crippen LogP contribution is -2.30. The monoisotopic (exact) mass is 779 g/mol. The Morgan fingerprint density at radius 2 is 0.636 bits per heavy atom. The van der Waals surface area contributed by atoms with Crippen LogP contribution in [0, 0.1) is 17.8 Å². The minimum atomic E-state index is -0.762. The zero-order valence-corrected chi connectivity index (χ0v) is 37.7. The van der Waals surface area contributed by atoms with Gasteiger partial charge in [-0.2, -0.15) is 0 Å². The molecule has 0 saturated carbocycles. The summed E-state index contributed by atoms with van der Waals surface area (Å²) < 4.78 is 16.8. The lowest BCUT2D eigenvalue weighted by molar-refractivity contribution is -0.167. The Bertz CT molecular complexity index is 856. The maximum atomic E-state index is 12.7. The summed E-state index contributed by atoms with van der Waals surface area (Å²) >= 11 is 0. The van der Waals surface area contributed by atoms with E-state index in [0.29, 0.717) is 19.3 Å². The average Bonchev–Trinajstić information content (AvgIpc) is 3.17. The third kappa shape index (κ3) is 40.4. The Morgan fingerprint density at radius 1 is 0.364 bits per heavy atom. The van der Waals surface area contributed by atoms with Crippen LogP contribution in [-0.4, -0.2) is 37.2 Å². The molecule has 326 valence electrons. The molecular formula is C49H94O6. The number of esters is 3. The van der Waals surface area contributed by atoms with E-state index in [-0.39, 0.29) is 31.1 Å². The lowest BCUT2D eigenvalue weighted by atomic mass is 9.99. The third-order valence-electron chi connectivity index (χ3n) is 11.6. The molecule has 3 atom stereocenters. The zero-order chi connectivity index (χ0) is 40.6. The normalized spacial score (nSPS) is 13.1. The van der Waals surface area contributed by atoms with Gasteiger partial charge in [0.25, 0.3) is 0 Å². The number of rotatable bonds is 42. The van der Waals surface area contributed by atoms with Crippen LogP contribution in [0.15, 0.2) is 0 Å². The molecule has 2 unspecified atom stereocenters. The molecule has 55 heavy (non-hydrogen) atoms. The zero-order valence-electron chi connectivity index (χ0n) is 37.7. The van der Waals surface area contributed by atoms with Crippen molar-refractivity contribution >= 4 is 17.9 Å². The summed E-state index contributed by atoms with van der Waals surface area (Å²) in [5, 5.41) is 0. The standard InChI is InChI=1S/C49H94O6/c1-7-44(5)36-30-24-18-11-9-10-12-20-26-32-38-47(50)53-41-46(42-54-48(51)39-33-27-21-15-13-17-23-29-35-43(3)4)55-49(52)40-34-28-22-16-14-19-25-31-37-45(6)8-2/h43-46H,7-42H2,1-6H3/t44?,45?,46-/m1/s1. The van der Waals surface area contributed by atoms with E-state index in [1.807, 2.05) is 0 Å². The highest BCUT2D eigenvalue weighted by Gasteiger charge is 2.19.